The van der Waals surface area contributed by atoms with Crippen molar-refractivity contribution in [1.29, 1.82) is 0 Å². The summed E-state index contributed by atoms with van der Waals surface area (Å²) in [5.41, 5.74) is 1.49. The molecule has 2 aromatic rings. The molecule has 3 nitrogen and oxygen atoms in total. The largest absolute Gasteiger partial charge is 0.310 e. The third kappa shape index (κ3) is 3.86. The monoisotopic (exact) mass is 322 g/mol. The Kier molecular flexibility index (Phi) is 4.27. The number of carbonyl (C=O) groups excluding carboxylic acids is 1. The number of aryl methyl sites for hydroxylation is 1. The minimum Gasteiger partial charge on any atom is -0.310 e. The Morgan fingerprint density at radius 1 is 1.42 bits per heavy atom. The van der Waals surface area contributed by atoms with Crippen LogP contribution in [0.3, 0.4) is 0 Å². The zero-order valence-electron chi connectivity index (χ0n) is 10.3. The number of aromatic nitrogens is 1. The van der Waals surface area contributed by atoms with Crippen molar-refractivity contribution in [2.24, 2.45) is 0 Å². The fraction of sp³-hybridized carbons (Fsp3) is 0.143. The molecule has 0 aliphatic rings. The summed E-state index contributed by atoms with van der Waals surface area (Å²) in [6.07, 6.45) is 1.74. The van der Waals surface area contributed by atoms with Crippen molar-refractivity contribution in [3.8, 4) is 0 Å². The molecule has 0 radical (unpaired) electrons. The topological polar surface area (TPSA) is 42.0 Å². The summed E-state index contributed by atoms with van der Waals surface area (Å²) in [5, 5.41) is 2.71. The maximum Gasteiger partial charge on any atom is 0.229 e. The number of hydrogen-bond acceptors (Lipinski definition) is 2. The van der Waals surface area contributed by atoms with Crippen LogP contribution in [0, 0.1) is 12.7 Å². The van der Waals surface area contributed by atoms with Gasteiger partial charge in [-0.2, -0.15) is 0 Å². The zero-order valence-corrected chi connectivity index (χ0v) is 11.9. The van der Waals surface area contributed by atoms with E-state index in [-0.39, 0.29) is 18.1 Å². The number of nitrogens with one attached hydrogen (secondary N) is 1. The van der Waals surface area contributed by atoms with Crippen LogP contribution >= 0.6 is 15.9 Å². The molecule has 1 N–H and O–H groups in total. The smallest absolute Gasteiger partial charge is 0.229 e. The van der Waals surface area contributed by atoms with E-state index in [1.165, 1.54) is 12.1 Å². The van der Waals surface area contributed by atoms with Crippen LogP contribution in [0.2, 0.25) is 0 Å². The molecule has 0 unspecified atom stereocenters. The van der Waals surface area contributed by atoms with E-state index in [0.29, 0.717) is 11.4 Å². The quantitative estimate of drug-likeness (QED) is 0.940. The van der Waals surface area contributed by atoms with Crippen LogP contribution in [-0.4, -0.2) is 10.9 Å². The van der Waals surface area contributed by atoms with E-state index in [0.717, 1.165) is 10.0 Å². The van der Waals surface area contributed by atoms with Gasteiger partial charge in [0.25, 0.3) is 0 Å². The fourth-order valence-corrected chi connectivity index (χ4v) is 2.13. The molecule has 0 aliphatic carbocycles. The summed E-state index contributed by atoms with van der Waals surface area (Å²) < 4.78 is 13.9. The van der Waals surface area contributed by atoms with Gasteiger partial charge in [-0.05, 0) is 52.2 Å². The number of nitrogens with zero attached hydrogens (tertiary/aromatic N) is 1. The minimum absolute atomic E-state index is 0.120. The first-order valence-corrected chi connectivity index (χ1v) is 6.50. The molecule has 0 saturated heterocycles. The minimum atomic E-state index is -0.344. The van der Waals surface area contributed by atoms with Gasteiger partial charge in [-0.3, -0.25) is 4.79 Å². The average Bonchev–Trinajstić information content (AvgIpc) is 2.33. The summed E-state index contributed by atoms with van der Waals surface area (Å²) in [5.74, 6) is -0.0450. The van der Waals surface area contributed by atoms with Gasteiger partial charge in [-0.1, -0.05) is 12.1 Å². The maximum absolute atomic E-state index is 13.0. The number of hydrogen-bond donors (Lipinski definition) is 1. The normalized spacial score (nSPS) is 10.3. The molecular weight excluding hydrogens is 311 g/mol. The average molecular weight is 323 g/mol. The SMILES string of the molecule is Cc1cc(Br)cnc1NC(=O)Cc1cccc(F)c1. The Bertz CT molecular complexity index is 616. The number of pyridine rings is 1. The van der Waals surface area contributed by atoms with Gasteiger partial charge in [-0.15, -0.1) is 0 Å². The molecule has 0 saturated carbocycles. The van der Waals surface area contributed by atoms with Crippen LogP contribution in [0.15, 0.2) is 41.0 Å². The van der Waals surface area contributed by atoms with Crippen molar-refractivity contribution in [1.82, 2.24) is 4.98 Å². The van der Waals surface area contributed by atoms with Crippen molar-refractivity contribution in [2.45, 2.75) is 13.3 Å². The van der Waals surface area contributed by atoms with E-state index in [9.17, 15) is 9.18 Å². The van der Waals surface area contributed by atoms with Crippen molar-refractivity contribution in [2.75, 3.05) is 5.32 Å². The highest BCUT2D eigenvalue weighted by molar-refractivity contribution is 9.10. The van der Waals surface area contributed by atoms with Gasteiger partial charge in [-0.25, -0.2) is 9.37 Å². The van der Waals surface area contributed by atoms with Crippen LogP contribution in [-0.2, 0) is 11.2 Å². The molecule has 0 aliphatic heterocycles. The number of amides is 1. The summed E-state index contributed by atoms with van der Waals surface area (Å²) in [6, 6.07) is 7.86. The lowest BCUT2D eigenvalue weighted by Crippen LogP contribution is -2.16. The second-order valence-electron chi connectivity index (χ2n) is 4.17. The molecule has 0 bridgehead atoms. The first-order valence-electron chi connectivity index (χ1n) is 5.71. The number of benzene rings is 1. The Morgan fingerprint density at radius 2 is 2.21 bits per heavy atom. The number of halogens is 2. The molecule has 1 aromatic carbocycles. The molecule has 1 heterocycles. The van der Waals surface area contributed by atoms with Crippen LogP contribution < -0.4 is 5.32 Å². The van der Waals surface area contributed by atoms with E-state index >= 15 is 0 Å². The molecule has 98 valence electrons. The highest BCUT2D eigenvalue weighted by Crippen LogP contribution is 2.17. The van der Waals surface area contributed by atoms with E-state index in [4.69, 9.17) is 0 Å². The van der Waals surface area contributed by atoms with Crippen LogP contribution in [0.25, 0.3) is 0 Å². The lowest BCUT2D eigenvalue weighted by atomic mass is 10.1. The fourth-order valence-electron chi connectivity index (χ4n) is 1.68. The van der Waals surface area contributed by atoms with Crippen LogP contribution in [0.1, 0.15) is 11.1 Å². The summed E-state index contributed by atoms with van der Waals surface area (Å²) in [4.78, 5) is 16.0. The molecule has 5 heteroatoms. The molecule has 2 rings (SSSR count). The second kappa shape index (κ2) is 5.93. The first kappa shape index (κ1) is 13.7. The Hall–Kier alpha value is -1.75. The third-order valence-electron chi connectivity index (χ3n) is 2.56. The first-order chi connectivity index (χ1) is 9.04. The molecule has 0 fully saturated rings. The summed E-state index contributed by atoms with van der Waals surface area (Å²) >= 11 is 3.31. The summed E-state index contributed by atoms with van der Waals surface area (Å²) in [6.45, 7) is 1.86. The van der Waals surface area contributed by atoms with Gasteiger partial charge in [0.1, 0.15) is 11.6 Å². The Balaban J connectivity index is 2.05. The van der Waals surface area contributed by atoms with Crippen LogP contribution in [0.4, 0.5) is 10.2 Å². The molecule has 0 spiro atoms. The zero-order chi connectivity index (χ0) is 13.8. The van der Waals surface area contributed by atoms with E-state index < -0.39 is 0 Å². The lowest BCUT2D eigenvalue weighted by molar-refractivity contribution is -0.115. The van der Waals surface area contributed by atoms with Gasteiger partial charge in [0.2, 0.25) is 5.91 Å². The van der Waals surface area contributed by atoms with Crippen molar-refractivity contribution >= 4 is 27.7 Å². The molecule has 19 heavy (non-hydrogen) atoms. The van der Waals surface area contributed by atoms with E-state index in [1.807, 2.05) is 13.0 Å². The number of anilines is 1. The highest BCUT2D eigenvalue weighted by atomic mass is 79.9. The van der Waals surface area contributed by atoms with Gasteiger partial charge >= 0.3 is 0 Å². The molecular formula is C14H12BrFN2O. The second-order valence-corrected chi connectivity index (χ2v) is 5.09. The molecule has 0 atom stereocenters. The van der Waals surface area contributed by atoms with Crippen LogP contribution in [0.5, 0.6) is 0 Å². The van der Waals surface area contributed by atoms with Crippen molar-refractivity contribution in [3.63, 3.8) is 0 Å². The van der Waals surface area contributed by atoms with E-state index in [1.54, 1.807) is 18.3 Å². The van der Waals surface area contributed by atoms with Gasteiger partial charge < -0.3 is 5.32 Å². The molecule has 1 amide bonds. The predicted molar refractivity (Wildman–Crippen MR) is 75.4 cm³/mol. The highest BCUT2D eigenvalue weighted by Gasteiger charge is 2.08. The predicted octanol–water partition coefficient (Wildman–Crippen LogP) is 3.47. The third-order valence-corrected chi connectivity index (χ3v) is 2.99. The van der Waals surface area contributed by atoms with Gasteiger partial charge in [0.15, 0.2) is 0 Å². The standard InChI is InChI=1S/C14H12BrFN2O/c1-9-5-11(15)8-17-14(9)18-13(19)7-10-3-2-4-12(16)6-10/h2-6,8H,7H2,1H3,(H,17,18,19). The summed E-state index contributed by atoms with van der Waals surface area (Å²) in [7, 11) is 0. The van der Waals surface area contributed by atoms with Crippen molar-refractivity contribution in [3.05, 3.63) is 57.9 Å². The van der Waals surface area contributed by atoms with Crippen molar-refractivity contribution < 1.29 is 9.18 Å². The van der Waals surface area contributed by atoms with E-state index in [2.05, 4.69) is 26.2 Å². The number of rotatable bonds is 3. The Labute approximate surface area is 119 Å². The van der Waals surface area contributed by atoms with Gasteiger partial charge in [0.05, 0.1) is 6.42 Å². The maximum atomic E-state index is 13.0. The van der Waals surface area contributed by atoms with Gasteiger partial charge in [0, 0.05) is 10.7 Å². The molecule has 1 aromatic heterocycles. The lowest BCUT2D eigenvalue weighted by Gasteiger charge is -2.07. The Morgan fingerprint density at radius 3 is 2.89 bits per heavy atom. The number of carbonyl (C=O) groups is 1.